The average Bonchev–Trinajstić information content (AvgIpc) is 3.02. The summed E-state index contributed by atoms with van der Waals surface area (Å²) < 4.78 is 15.9. The van der Waals surface area contributed by atoms with E-state index in [-0.39, 0.29) is 5.82 Å². The number of benzene rings is 1. The lowest BCUT2D eigenvalue weighted by Gasteiger charge is -2.22. The highest BCUT2D eigenvalue weighted by Gasteiger charge is 2.30. The maximum atomic E-state index is 13.6. The third-order valence-corrected chi connectivity index (χ3v) is 5.44. The van der Waals surface area contributed by atoms with E-state index in [1.165, 1.54) is 18.9 Å². The molecule has 0 saturated heterocycles. The number of thioether (sulfide) groups is 1. The summed E-state index contributed by atoms with van der Waals surface area (Å²) in [5.74, 6) is 1.34. The van der Waals surface area contributed by atoms with Crippen LogP contribution in [0, 0.1) is 5.82 Å². The normalized spacial score (nSPS) is 22.8. The SMILES string of the molecule is CSC1CCCC1n1c(CCCl)nc2ccc(F)cc21. The number of fused-ring (bicyclic) bond motifs is 1. The molecule has 1 aromatic heterocycles. The van der Waals surface area contributed by atoms with Crippen LogP contribution in [0.2, 0.25) is 0 Å². The molecule has 1 saturated carbocycles. The van der Waals surface area contributed by atoms with Gasteiger partial charge in [-0.1, -0.05) is 6.42 Å². The molecule has 0 radical (unpaired) electrons. The monoisotopic (exact) mass is 312 g/mol. The van der Waals surface area contributed by atoms with Crippen LogP contribution < -0.4 is 0 Å². The summed E-state index contributed by atoms with van der Waals surface area (Å²) >= 11 is 7.81. The van der Waals surface area contributed by atoms with E-state index < -0.39 is 0 Å². The number of imidazole rings is 1. The van der Waals surface area contributed by atoms with Gasteiger partial charge in [0.2, 0.25) is 0 Å². The summed E-state index contributed by atoms with van der Waals surface area (Å²) in [4.78, 5) is 4.66. The standard InChI is InChI=1S/C15H18ClFN2S/c1-20-14-4-2-3-12(14)19-13-9-10(17)5-6-11(13)18-15(19)7-8-16/h5-6,9,12,14H,2-4,7-8H2,1H3. The first-order chi connectivity index (χ1) is 9.74. The van der Waals surface area contributed by atoms with Gasteiger partial charge in [0.15, 0.2) is 0 Å². The van der Waals surface area contributed by atoms with Crippen LogP contribution in [0.4, 0.5) is 4.39 Å². The van der Waals surface area contributed by atoms with Crippen molar-refractivity contribution in [1.82, 2.24) is 9.55 Å². The Balaban J connectivity index is 2.14. The minimum Gasteiger partial charge on any atom is -0.324 e. The Morgan fingerprint density at radius 3 is 3.05 bits per heavy atom. The van der Waals surface area contributed by atoms with Gasteiger partial charge in [0, 0.05) is 23.6 Å². The molecule has 3 rings (SSSR count). The molecule has 0 aliphatic heterocycles. The van der Waals surface area contributed by atoms with Crippen LogP contribution in [0.1, 0.15) is 31.1 Å². The van der Waals surface area contributed by atoms with Crippen molar-refractivity contribution in [3.8, 4) is 0 Å². The first-order valence-electron chi connectivity index (χ1n) is 6.99. The number of nitrogens with zero attached hydrogens (tertiary/aromatic N) is 2. The van der Waals surface area contributed by atoms with Gasteiger partial charge in [-0.25, -0.2) is 9.37 Å². The van der Waals surface area contributed by atoms with Gasteiger partial charge < -0.3 is 4.57 Å². The lowest BCUT2D eigenvalue weighted by molar-refractivity contribution is 0.521. The van der Waals surface area contributed by atoms with Crippen molar-refractivity contribution in [2.45, 2.75) is 37.0 Å². The quantitative estimate of drug-likeness (QED) is 0.778. The van der Waals surface area contributed by atoms with E-state index in [1.807, 2.05) is 11.8 Å². The number of aryl methyl sites for hydroxylation is 1. The lowest BCUT2D eigenvalue weighted by Crippen LogP contribution is -2.18. The number of rotatable bonds is 4. The van der Waals surface area contributed by atoms with Crippen LogP contribution >= 0.6 is 23.4 Å². The van der Waals surface area contributed by atoms with E-state index >= 15 is 0 Å². The molecule has 1 aliphatic carbocycles. The molecule has 2 aromatic rings. The summed E-state index contributed by atoms with van der Waals surface area (Å²) in [6.45, 7) is 0. The van der Waals surface area contributed by atoms with Gasteiger partial charge in [-0.15, -0.1) is 11.6 Å². The number of hydrogen-bond acceptors (Lipinski definition) is 2. The molecule has 0 amide bonds. The van der Waals surface area contributed by atoms with Crippen molar-refractivity contribution >= 4 is 34.4 Å². The van der Waals surface area contributed by atoms with Crippen LogP contribution in [-0.4, -0.2) is 26.9 Å². The zero-order chi connectivity index (χ0) is 14.1. The second-order valence-corrected chi connectivity index (χ2v) is 6.70. The van der Waals surface area contributed by atoms with Crippen molar-refractivity contribution in [3.05, 3.63) is 29.8 Å². The second-order valence-electron chi connectivity index (χ2n) is 5.24. The van der Waals surface area contributed by atoms with Gasteiger partial charge >= 0.3 is 0 Å². The number of alkyl halides is 1. The zero-order valence-corrected chi connectivity index (χ0v) is 13.1. The molecule has 2 unspecified atom stereocenters. The first-order valence-corrected chi connectivity index (χ1v) is 8.82. The maximum Gasteiger partial charge on any atom is 0.125 e. The van der Waals surface area contributed by atoms with E-state index in [0.717, 1.165) is 29.7 Å². The molecule has 1 heterocycles. The Bertz CT molecular complexity index is 613. The molecule has 2 nitrogen and oxygen atoms in total. The highest BCUT2D eigenvalue weighted by atomic mass is 35.5. The van der Waals surface area contributed by atoms with E-state index in [4.69, 9.17) is 11.6 Å². The molecule has 0 N–H and O–H groups in total. The Kier molecular flexibility index (Phi) is 4.22. The van der Waals surface area contributed by atoms with E-state index in [1.54, 1.807) is 12.1 Å². The highest BCUT2D eigenvalue weighted by molar-refractivity contribution is 7.99. The molecule has 108 valence electrons. The zero-order valence-electron chi connectivity index (χ0n) is 11.5. The van der Waals surface area contributed by atoms with E-state index in [2.05, 4.69) is 15.8 Å². The van der Waals surface area contributed by atoms with Crippen molar-refractivity contribution in [3.63, 3.8) is 0 Å². The van der Waals surface area contributed by atoms with E-state index in [9.17, 15) is 4.39 Å². The van der Waals surface area contributed by atoms with Gasteiger partial charge in [0.05, 0.1) is 11.0 Å². The minimum atomic E-state index is -0.199. The number of hydrogen-bond donors (Lipinski definition) is 0. The number of halogens is 2. The van der Waals surface area contributed by atoms with Crippen LogP contribution in [-0.2, 0) is 6.42 Å². The lowest BCUT2D eigenvalue weighted by atomic mass is 10.2. The topological polar surface area (TPSA) is 17.8 Å². The van der Waals surface area contributed by atoms with Crippen molar-refractivity contribution in [1.29, 1.82) is 0 Å². The third-order valence-electron chi connectivity index (χ3n) is 4.09. The fraction of sp³-hybridized carbons (Fsp3) is 0.533. The largest absolute Gasteiger partial charge is 0.324 e. The highest BCUT2D eigenvalue weighted by Crippen LogP contribution is 2.40. The maximum absolute atomic E-state index is 13.6. The predicted molar refractivity (Wildman–Crippen MR) is 84.3 cm³/mol. The summed E-state index contributed by atoms with van der Waals surface area (Å²) in [6.07, 6.45) is 6.48. The molecule has 20 heavy (non-hydrogen) atoms. The molecular formula is C15H18ClFN2S. The molecule has 5 heteroatoms. The van der Waals surface area contributed by atoms with Crippen LogP contribution in [0.15, 0.2) is 18.2 Å². The Labute approximate surface area is 127 Å². The molecule has 2 atom stereocenters. The summed E-state index contributed by atoms with van der Waals surface area (Å²) in [7, 11) is 0. The Morgan fingerprint density at radius 2 is 2.30 bits per heavy atom. The molecule has 1 aromatic carbocycles. The summed E-state index contributed by atoms with van der Waals surface area (Å²) in [5, 5.41) is 0.588. The van der Waals surface area contributed by atoms with Crippen LogP contribution in [0.3, 0.4) is 0 Å². The Hall–Kier alpha value is -0.740. The van der Waals surface area contributed by atoms with Gasteiger partial charge in [-0.3, -0.25) is 0 Å². The van der Waals surface area contributed by atoms with Crippen LogP contribution in [0.25, 0.3) is 11.0 Å². The average molecular weight is 313 g/mol. The molecule has 1 aliphatic rings. The number of aromatic nitrogens is 2. The summed E-state index contributed by atoms with van der Waals surface area (Å²) in [6, 6.07) is 5.26. The van der Waals surface area contributed by atoms with Gasteiger partial charge in [-0.2, -0.15) is 11.8 Å². The van der Waals surface area contributed by atoms with Crippen molar-refractivity contribution in [2.75, 3.05) is 12.1 Å². The van der Waals surface area contributed by atoms with Crippen LogP contribution in [0.5, 0.6) is 0 Å². The Morgan fingerprint density at radius 1 is 1.45 bits per heavy atom. The molecule has 0 bridgehead atoms. The van der Waals surface area contributed by atoms with Gasteiger partial charge in [0.25, 0.3) is 0 Å². The molecule has 1 fully saturated rings. The van der Waals surface area contributed by atoms with Crippen molar-refractivity contribution < 1.29 is 4.39 Å². The predicted octanol–water partition coefficient (Wildman–Crippen LogP) is 4.41. The second kappa shape index (κ2) is 5.94. The summed E-state index contributed by atoms with van der Waals surface area (Å²) in [5.41, 5.74) is 1.79. The minimum absolute atomic E-state index is 0.199. The first kappa shape index (κ1) is 14.2. The van der Waals surface area contributed by atoms with Gasteiger partial charge in [0.1, 0.15) is 11.6 Å². The van der Waals surface area contributed by atoms with Crippen molar-refractivity contribution in [2.24, 2.45) is 0 Å². The third kappa shape index (κ3) is 2.44. The van der Waals surface area contributed by atoms with E-state index in [0.29, 0.717) is 17.2 Å². The molecular weight excluding hydrogens is 295 g/mol. The van der Waals surface area contributed by atoms with Gasteiger partial charge in [-0.05, 0) is 37.3 Å². The smallest absolute Gasteiger partial charge is 0.125 e. The molecule has 0 spiro atoms. The fourth-order valence-electron chi connectivity index (χ4n) is 3.22. The fourth-order valence-corrected chi connectivity index (χ4v) is 4.37.